The van der Waals surface area contributed by atoms with Crippen LogP contribution in [0.5, 0.6) is 5.75 Å². The van der Waals surface area contributed by atoms with Gasteiger partial charge in [-0.15, -0.1) is 11.3 Å². The summed E-state index contributed by atoms with van der Waals surface area (Å²) in [6, 6.07) is 10.9. The van der Waals surface area contributed by atoms with Gasteiger partial charge in [-0.05, 0) is 19.1 Å². The van der Waals surface area contributed by atoms with Crippen LogP contribution in [0.3, 0.4) is 0 Å². The number of aromatic carboxylic acids is 1. The molecule has 0 saturated heterocycles. The predicted octanol–water partition coefficient (Wildman–Crippen LogP) is 3.21. The van der Waals surface area contributed by atoms with Crippen LogP contribution in [0.2, 0.25) is 0 Å². The summed E-state index contributed by atoms with van der Waals surface area (Å²) in [7, 11) is 0. The number of ether oxygens (including phenoxy) is 1. The third kappa shape index (κ3) is 2.92. The average Bonchev–Trinajstić information content (AvgIpc) is 2.78. The number of carbonyl (C=O) groups is 1. The van der Waals surface area contributed by atoms with E-state index in [1.807, 2.05) is 13.0 Å². The molecule has 0 unspecified atom stereocenters. The summed E-state index contributed by atoms with van der Waals surface area (Å²) < 4.78 is 5.53. The minimum atomic E-state index is -0.998. The van der Waals surface area contributed by atoms with Crippen molar-refractivity contribution in [3.63, 3.8) is 0 Å². The van der Waals surface area contributed by atoms with Crippen LogP contribution >= 0.6 is 11.3 Å². The molecular weight excluding hydrogens is 262 g/mol. The molecule has 1 heterocycles. The molecule has 1 N–H and O–H groups in total. The number of nitriles is 1. The Labute approximate surface area is 114 Å². The van der Waals surface area contributed by atoms with Crippen molar-refractivity contribution in [2.24, 2.45) is 0 Å². The summed E-state index contributed by atoms with van der Waals surface area (Å²) in [4.78, 5) is 12.1. The molecule has 0 aliphatic heterocycles. The third-order valence-corrected chi connectivity index (χ3v) is 3.56. The zero-order valence-corrected chi connectivity index (χ0v) is 11.0. The number of carboxylic acids is 1. The summed E-state index contributed by atoms with van der Waals surface area (Å²) in [6.07, 6.45) is 0. The number of hydrogen-bond acceptors (Lipinski definition) is 4. The van der Waals surface area contributed by atoms with E-state index in [1.165, 1.54) is 11.3 Å². The van der Waals surface area contributed by atoms with Gasteiger partial charge in [-0.25, -0.2) is 4.79 Å². The Morgan fingerprint density at radius 3 is 2.89 bits per heavy atom. The molecule has 0 aliphatic rings. The average molecular weight is 273 g/mol. The number of nitrogens with zero attached hydrogens (tertiary/aromatic N) is 1. The van der Waals surface area contributed by atoms with Crippen LogP contribution in [0.1, 0.15) is 25.7 Å². The Balaban J connectivity index is 2.19. The second kappa shape index (κ2) is 5.55. The summed E-state index contributed by atoms with van der Waals surface area (Å²) in [5.41, 5.74) is 1.27. The summed E-state index contributed by atoms with van der Waals surface area (Å²) in [5.74, 6) is -0.649. The quantitative estimate of drug-likeness (QED) is 0.928. The zero-order valence-electron chi connectivity index (χ0n) is 10.2. The van der Waals surface area contributed by atoms with Crippen LogP contribution in [0.25, 0.3) is 0 Å². The van der Waals surface area contributed by atoms with E-state index < -0.39 is 5.97 Å². The number of thiophene rings is 1. The highest BCUT2D eigenvalue weighted by molar-refractivity contribution is 7.14. The fourth-order valence-corrected chi connectivity index (χ4v) is 2.45. The van der Waals surface area contributed by atoms with Crippen LogP contribution in [-0.2, 0) is 6.61 Å². The lowest BCUT2D eigenvalue weighted by Crippen LogP contribution is -2.01. The molecular formula is C14H11NO3S. The number of aryl methyl sites for hydroxylation is 1. The lowest BCUT2D eigenvalue weighted by Gasteiger charge is -2.06. The first-order chi connectivity index (χ1) is 9.11. The van der Waals surface area contributed by atoms with Crippen LogP contribution in [0.15, 0.2) is 30.3 Å². The lowest BCUT2D eigenvalue weighted by atomic mass is 10.1. The van der Waals surface area contributed by atoms with E-state index >= 15 is 0 Å². The second-order valence-electron chi connectivity index (χ2n) is 3.91. The van der Waals surface area contributed by atoms with Gasteiger partial charge in [0.15, 0.2) is 4.88 Å². The van der Waals surface area contributed by atoms with E-state index in [-0.39, 0.29) is 11.5 Å². The number of benzene rings is 1. The van der Waals surface area contributed by atoms with Crippen LogP contribution in [-0.4, -0.2) is 11.1 Å². The summed E-state index contributed by atoms with van der Waals surface area (Å²) in [6.45, 7) is 2.01. The normalized spacial score (nSPS) is 9.89. The van der Waals surface area contributed by atoms with Gasteiger partial charge in [-0.2, -0.15) is 5.26 Å². The first-order valence-corrected chi connectivity index (χ1v) is 6.38. The lowest BCUT2D eigenvalue weighted by molar-refractivity contribution is 0.0697. The predicted molar refractivity (Wildman–Crippen MR) is 71.5 cm³/mol. The first kappa shape index (κ1) is 13.1. The highest BCUT2D eigenvalue weighted by atomic mass is 32.1. The minimum Gasteiger partial charge on any atom is -0.487 e. The van der Waals surface area contributed by atoms with Crippen molar-refractivity contribution in [3.05, 3.63) is 51.2 Å². The molecule has 0 fully saturated rings. The summed E-state index contributed by atoms with van der Waals surface area (Å²) >= 11 is 1.18. The monoisotopic (exact) mass is 273 g/mol. The van der Waals surface area contributed by atoms with Gasteiger partial charge in [-0.3, -0.25) is 0 Å². The number of rotatable bonds is 4. The molecule has 1 aromatic heterocycles. The van der Waals surface area contributed by atoms with Crippen molar-refractivity contribution < 1.29 is 14.6 Å². The molecule has 0 spiro atoms. The molecule has 0 saturated carbocycles. The third-order valence-electron chi connectivity index (χ3n) is 2.54. The van der Waals surface area contributed by atoms with Crippen molar-refractivity contribution in [1.82, 2.24) is 0 Å². The van der Waals surface area contributed by atoms with Gasteiger partial charge in [-0.1, -0.05) is 18.2 Å². The molecule has 19 heavy (non-hydrogen) atoms. The van der Waals surface area contributed by atoms with E-state index in [9.17, 15) is 4.79 Å². The highest BCUT2D eigenvalue weighted by Crippen LogP contribution is 2.29. The van der Waals surface area contributed by atoms with Crippen LogP contribution in [0.4, 0.5) is 0 Å². The van der Waals surface area contributed by atoms with E-state index in [1.54, 1.807) is 24.3 Å². The molecule has 0 radical (unpaired) electrons. The van der Waals surface area contributed by atoms with Gasteiger partial charge in [0.25, 0.3) is 0 Å². The maximum absolute atomic E-state index is 11.0. The van der Waals surface area contributed by atoms with E-state index in [2.05, 4.69) is 6.07 Å². The van der Waals surface area contributed by atoms with Crippen molar-refractivity contribution in [3.8, 4) is 11.8 Å². The standard InChI is InChI=1S/C14H11NO3S/c1-9-6-12(13(19-9)14(16)17)18-8-11-5-3-2-4-10(11)7-15/h2-6H,8H2,1H3,(H,16,17). The topological polar surface area (TPSA) is 70.3 Å². The summed E-state index contributed by atoms with van der Waals surface area (Å²) in [5, 5.41) is 18.0. The molecule has 2 aromatic rings. The van der Waals surface area contributed by atoms with E-state index in [0.717, 1.165) is 10.4 Å². The van der Waals surface area contributed by atoms with Crippen LogP contribution in [0, 0.1) is 18.3 Å². The highest BCUT2D eigenvalue weighted by Gasteiger charge is 2.15. The molecule has 0 bridgehead atoms. The molecule has 2 rings (SSSR count). The van der Waals surface area contributed by atoms with Gasteiger partial charge in [0, 0.05) is 10.4 Å². The Kier molecular flexibility index (Phi) is 3.83. The smallest absolute Gasteiger partial charge is 0.349 e. The van der Waals surface area contributed by atoms with Gasteiger partial charge in [0.1, 0.15) is 12.4 Å². The maximum atomic E-state index is 11.0. The maximum Gasteiger partial charge on any atom is 0.349 e. The van der Waals surface area contributed by atoms with E-state index in [4.69, 9.17) is 15.1 Å². The fourth-order valence-electron chi connectivity index (χ4n) is 1.66. The van der Waals surface area contributed by atoms with Gasteiger partial charge >= 0.3 is 5.97 Å². The second-order valence-corrected chi connectivity index (χ2v) is 5.17. The van der Waals surface area contributed by atoms with Gasteiger partial charge < -0.3 is 9.84 Å². The minimum absolute atomic E-state index is 0.181. The molecule has 0 atom stereocenters. The Morgan fingerprint density at radius 2 is 2.21 bits per heavy atom. The van der Waals surface area contributed by atoms with Crippen molar-refractivity contribution in [1.29, 1.82) is 5.26 Å². The van der Waals surface area contributed by atoms with Crippen molar-refractivity contribution >= 4 is 17.3 Å². The fraction of sp³-hybridized carbons (Fsp3) is 0.143. The van der Waals surface area contributed by atoms with Crippen molar-refractivity contribution in [2.45, 2.75) is 13.5 Å². The zero-order chi connectivity index (χ0) is 13.8. The van der Waals surface area contributed by atoms with Crippen LogP contribution < -0.4 is 4.74 Å². The van der Waals surface area contributed by atoms with Gasteiger partial charge in [0.2, 0.25) is 0 Å². The first-order valence-electron chi connectivity index (χ1n) is 5.56. The Bertz CT molecular complexity index is 655. The van der Waals surface area contributed by atoms with Gasteiger partial charge in [0.05, 0.1) is 11.6 Å². The number of carboxylic acid groups (broad SMARTS) is 1. The molecule has 4 nitrogen and oxygen atoms in total. The molecule has 5 heteroatoms. The molecule has 0 amide bonds. The number of hydrogen-bond donors (Lipinski definition) is 1. The largest absolute Gasteiger partial charge is 0.487 e. The van der Waals surface area contributed by atoms with E-state index in [0.29, 0.717) is 11.3 Å². The molecule has 96 valence electrons. The Morgan fingerprint density at radius 1 is 1.47 bits per heavy atom. The SMILES string of the molecule is Cc1cc(OCc2ccccc2C#N)c(C(=O)O)s1. The van der Waals surface area contributed by atoms with Crippen molar-refractivity contribution in [2.75, 3.05) is 0 Å². The molecule has 1 aromatic carbocycles. The Hall–Kier alpha value is -2.32. The molecule has 0 aliphatic carbocycles.